The molecule has 0 aliphatic heterocycles. The molecule has 0 radical (unpaired) electrons. The van der Waals surface area contributed by atoms with E-state index in [-0.39, 0.29) is 0 Å². The van der Waals surface area contributed by atoms with E-state index in [9.17, 15) is 0 Å². The molecular formula is C27H32N6O2S2+2. The van der Waals surface area contributed by atoms with E-state index in [1.807, 2.05) is 70.6 Å². The largest absolute Gasteiger partial charge is 0.496 e. The van der Waals surface area contributed by atoms with E-state index in [0.717, 1.165) is 65.2 Å². The standard InChI is InChI=1S/C27H32N6O2S2/c1-32-14-16-36-26(32)30-28-22-12-10-20(24(18-22)34-3)8-6-5-7-9-21-11-13-23(19-25(21)35-4)29-31-27-33(2)15-17-37-27/h10-19H,5-9H2,1-4H3/q+2. The molecule has 0 aliphatic carbocycles. The van der Waals surface area contributed by atoms with Gasteiger partial charge in [0.2, 0.25) is 0 Å². The Balaban J connectivity index is 1.27. The van der Waals surface area contributed by atoms with Gasteiger partial charge in [-0.2, -0.15) is 0 Å². The van der Waals surface area contributed by atoms with E-state index in [0.29, 0.717) is 0 Å². The molecule has 0 amide bonds. The fraction of sp³-hybridized carbons (Fsp3) is 0.333. The van der Waals surface area contributed by atoms with E-state index in [1.165, 1.54) is 11.1 Å². The minimum absolute atomic E-state index is 0.786. The summed E-state index contributed by atoms with van der Waals surface area (Å²) in [6.07, 6.45) is 9.11. The van der Waals surface area contributed by atoms with Crippen molar-refractivity contribution in [3.8, 4) is 11.5 Å². The van der Waals surface area contributed by atoms with Crippen molar-refractivity contribution in [2.75, 3.05) is 14.2 Å². The molecule has 0 atom stereocenters. The number of azo groups is 2. The summed E-state index contributed by atoms with van der Waals surface area (Å²) in [6, 6.07) is 12.1. The lowest BCUT2D eigenvalue weighted by Gasteiger charge is -2.10. The summed E-state index contributed by atoms with van der Waals surface area (Å²) < 4.78 is 15.1. The normalized spacial score (nSPS) is 11.6. The molecule has 0 saturated carbocycles. The van der Waals surface area contributed by atoms with Crippen molar-refractivity contribution >= 4 is 44.3 Å². The van der Waals surface area contributed by atoms with Gasteiger partial charge in [0.15, 0.2) is 0 Å². The van der Waals surface area contributed by atoms with E-state index >= 15 is 0 Å². The number of aryl methyl sites for hydroxylation is 4. The summed E-state index contributed by atoms with van der Waals surface area (Å²) in [4.78, 5) is 0. The Morgan fingerprint density at radius 1 is 0.649 bits per heavy atom. The first-order valence-electron chi connectivity index (χ1n) is 12.1. The molecule has 8 nitrogen and oxygen atoms in total. The summed E-state index contributed by atoms with van der Waals surface area (Å²) in [7, 11) is 7.32. The lowest BCUT2D eigenvalue weighted by Crippen LogP contribution is -2.23. The summed E-state index contributed by atoms with van der Waals surface area (Å²) in [6.45, 7) is 0. The molecule has 0 spiro atoms. The molecule has 2 heterocycles. The Hall–Kier alpha value is -3.50. The third-order valence-electron chi connectivity index (χ3n) is 5.95. The van der Waals surface area contributed by atoms with Gasteiger partial charge in [0.05, 0.1) is 38.5 Å². The van der Waals surface area contributed by atoms with Crippen LogP contribution in [0.25, 0.3) is 0 Å². The molecule has 37 heavy (non-hydrogen) atoms. The summed E-state index contributed by atoms with van der Waals surface area (Å²) in [5, 5.41) is 23.1. The van der Waals surface area contributed by atoms with Crippen molar-refractivity contribution < 1.29 is 18.6 Å². The number of rotatable bonds is 12. The molecule has 2 aromatic heterocycles. The Kier molecular flexibility index (Phi) is 9.45. The highest BCUT2D eigenvalue weighted by molar-refractivity contribution is 7.13. The number of ether oxygens (including phenoxy) is 2. The van der Waals surface area contributed by atoms with Crippen LogP contribution in [0.1, 0.15) is 30.4 Å². The molecule has 4 rings (SSSR count). The van der Waals surface area contributed by atoms with Gasteiger partial charge >= 0.3 is 10.3 Å². The molecule has 192 valence electrons. The zero-order valence-electron chi connectivity index (χ0n) is 21.6. The first kappa shape index (κ1) is 26.6. The van der Waals surface area contributed by atoms with E-state index in [4.69, 9.17) is 9.47 Å². The maximum Gasteiger partial charge on any atom is 0.408 e. The van der Waals surface area contributed by atoms with Crippen LogP contribution in [0.3, 0.4) is 0 Å². The van der Waals surface area contributed by atoms with Gasteiger partial charge in [-0.3, -0.25) is 0 Å². The van der Waals surface area contributed by atoms with Crippen LogP contribution in [0, 0.1) is 0 Å². The highest BCUT2D eigenvalue weighted by Crippen LogP contribution is 2.30. The van der Waals surface area contributed by atoms with Crippen LogP contribution in [-0.2, 0) is 26.9 Å². The van der Waals surface area contributed by atoms with Crippen LogP contribution in [-0.4, -0.2) is 14.2 Å². The van der Waals surface area contributed by atoms with Crippen LogP contribution in [0.2, 0.25) is 0 Å². The average Bonchev–Trinajstić information content (AvgIpc) is 3.53. The average molecular weight is 537 g/mol. The topological polar surface area (TPSA) is 75.7 Å². The van der Waals surface area contributed by atoms with Crippen molar-refractivity contribution in [1.82, 2.24) is 0 Å². The van der Waals surface area contributed by atoms with Crippen LogP contribution in [0.5, 0.6) is 11.5 Å². The monoisotopic (exact) mass is 536 g/mol. The highest BCUT2D eigenvalue weighted by atomic mass is 32.1. The summed E-state index contributed by atoms with van der Waals surface area (Å²) in [5.74, 6) is 1.71. The Labute approximate surface area is 225 Å². The Morgan fingerprint density at radius 2 is 1.11 bits per heavy atom. The molecule has 0 bridgehead atoms. The van der Waals surface area contributed by atoms with Crippen molar-refractivity contribution in [3.63, 3.8) is 0 Å². The smallest absolute Gasteiger partial charge is 0.408 e. The zero-order chi connectivity index (χ0) is 26.0. The number of benzene rings is 2. The van der Waals surface area contributed by atoms with Gasteiger partial charge in [-0.25, -0.2) is 9.13 Å². The third kappa shape index (κ3) is 7.27. The Bertz CT molecular complexity index is 1280. The van der Waals surface area contributed by atoms with Gasteiger partial charge in [0.25, 0.3) is 0 Å². The first-order chi connectivity index (χ1) is 18.1. The Morgan fingerprint density at radius 3 is 1.49 bits per heavy atom. The van der Waals surface area contributed by atoms with Crippen molar-refractivity contribution in [1.29, 1.82) is 0 Å². The first-order valence-corrected chi connectivity index (χ1v) is 13.9. The number of unbranched alkanes of at least 4 members (excludes halogenated alkanes) is 2. The van der Waals surface area contributed by atoms with Crippen LogP contribution in [0.15, 0.2) is 80.0 Å². The maximum atomic E-state index is 5.63. The second-order valence-electron chi connectivity index (χ2n) is 8.55. The predicted molar refractivity (Wildman–Crippen MR) is 147 cm³/mol. The van der Waals surface area contributed by atoms with Crippen LogP contribution in [0.4, 0.5) is 21.6 Å². The fourth-order valence-corrected chi connectivity index (χ4v) is 5.22. The molecule has 0 fully saturated rings. The van der Waals surface area contributed by atoms with Crippen LogP contribution >= 0.6 is 22.7 Å². The van der Waals surface area contributed by atoms with E-state index in [2.05, 4.69) is 32.6 Å². The lowest BCUT2D eigenvalue weighted by molar-refractivity contribution is -0.654. The zero-order valence-corrected chi connectivity index (χ0v) is 23.3. The number of thiazole rings is 2. The van der Waals surface area contributed by atoms with Gasteiger partial charge in [-0.05, 0) is 81.8 Å². The molecule has 0 unspecified atom stereocenters. The fourth-order valence-electron chi connectivity index (χ4n) is 3.86. The van der Waals surface area contributed by atoms with Crippen molar-refractivity contribution in [2.45, 2.75) is 32.1 Å². The number of hydrogen-bond donors (Lipinski definition) is 0. The quantitative estimate of drug-likeness (QED) is 0.109. The highest BCUT2D eigenvalue weighted by Gasteiger charge is 2.11. The molecule has 4 aromatic rings. The van der Waals surface area contributed by atoms with Gasteiger partial charge in [-0.1, -0.05) is 18.6 Å². The third-order valence-corrected chi connectivity index (χ3v) is 7.63. The molecule has 10 heteroatoms. The number of hydrogen-bond acceptors (Lipinski definition) is 8. The van der Waals surface area contributed by atoms with Crippen LogP contribution < -0.4 is 18.6 Å². The van der Waals surface area contributed by atoms with E-state index < -0.39 is 0 Å². The minimum Gasteiger partial charge on any atom is -0.496 e. The predicted octanol–water partition coefficient (Wildman–Crippen LogP) is 7.26. The number of nitrogens with zero attached hydrogens (tertiary/aromatic N) is 6. The maximum absolute atomic E-state index is 5.63. The van der Waals surface area contributed by atoms with Gasteiger partial charge in [0, 0.05) is 22.9 Å². The minimum atomic E-state index is 0.786. The van der Waals surface area contributed by atoms with Gasteiger partial charge in [0.1, 0.15) is 35.3 Å². The van der Waals surface area contributed by atoms with Crippen molar-refractivity contribution in [2.24, 2.45) is 34.6 Å². The molecule has 2 aromatic carbocycles. The number of methoxy groups -OCH3 is 2. The van der Waals surface area contributed by atoms with Gasteiger partial charge < -0.3 is 9.47 Å². The molecule has 0 N–H and O–H groups in total. The molecule has 0 aliphatic rings. The number of aromatic nitrogens is 2. The van der Waals surface area contributed by atoms with Crippen molar-refractivity contribution in [3.05, 3.63) is 70.7 Å². The second kappa shape index (κ2) is 13.2. The van der Waals surface area contributed by atoms with E-state index in [1.54, 1.807) is 36.9 Å². The molecule has 0 saturated heterocycles. The molecular weight excluding hydrogens is 504 g/mol. The SMILES string of the molecule is COc1cc(N=Nc2scc[n+]2C)ccc1CCCCCc1ccc(N=Nc2scc[n+]2C)cc1OC. The second-order valence-corrected chi connectivity index (χ2v) is 10.3. The lowest BCUT2D eigenvalue weighted by atomic mass is 10.0. The van der Waals surface area contributed by atoms with Gasteiger partial charge in [-0.15, -0.1) is 0 Å². The summed E-state index contributed by atoms with van der Waals surface area (Å²) in [5.41, 5.74) is 3.95. The summed E-state index contributed by atoms with van der Waals surface area (Å²) >= 11 is 3.11.